The fraction of sp³-hybridized carbons (Fsp3) is 0.538. The van der Waals surface area contributed by atoms with Gasteiger partial charge < -0.3 is 0 Å². The highest BCUT2D eigenvalue weighted by Crippen LogP contribution is 2.22. The van der Waals surface area contributed by atoms with Crippen LogP contribution in [0.1, 0.15) is 31.7 Å². The smallest absolute Gasteiger partial charge is 0.271 e. The van der Waals surface area contributed by atoms with Gasteiger partial charge in [-0.3, -0.25) is 4.72 Å². The van der Waals surface area contributed by atoms with Crippen LogP contribution in [-0.4, -0.2) is 25.3 Å². The molecule has 0 radical (unpaired) electrons. The molecule has 0 aliphatic carbocycles. The third kappa shape index (κ3) is 3.61. The third-order valence-corrected chi connectivity index (χ3v) is 5.37. The monoisotopic (exact) mass is 302 g/mol. The summed E-state index contributed by atoms with van der Waals surface area (Å²) in [5, 5.41) is 0. The lowest BCUT2D eigenvalue weighted by Crippen LogP contribution is -2.44. The van der Waals surface area contributed by atoms with Gasteiger partial charge in [-0.1, -0.05) is 18.6 Å². The molecule has 0 bridgehead atoms. The van der Waals surface area contributed by atoms with E-state index in [1.54, 1.807) is 16.4 Å². The minimum atomic E-state index is -3.45. The maximum absolute atomic E-state index is 12.3. The van der Waals surface area contributed by atoms with Crippen molar-refractivity contribution in [3.8, 4) is 0 Å². The lowest BCUT2D eigenvalue weighted by Gasteiger charge is -2.32. The van der Waals surface area contributed by atoms with E-state index in [1.807, 2.05) is 19.1 Å². The van der Waals surface area contributed by atoms with E-state index in [2.05, 4.69) is 4.72 Å². The zero-order valence-corrected chi connectivity index (χ0v) is 12.5. The van der Waals surface area contributed by atoms with Crippen molar-refractivity contribution < 1.29 is 8.42 Å². The van der Waals surface area contributed by atoms with Gasteiger partial charge in [0.1, 0.15) is 0 Å². The van der Waals surface area contributed by atoms with E-state index in [-0.39, 0.29) is 6.04 Å². The van der Waals surface area contributed by atoms with Gasteiger partial charge >= 0.3 is 10.2 Å². The van der Waals surface area contributed by atoms with Crippen LogP contribution in [0.4, 0.5) is 5.69 Å². The molecule has 6 heteroatoms. The topological polar surface area (TPSA) is 49.4 Å². The number of hydrogen-bond acceptors (Lipinski definition) is 2. The molecule has 1 heterocycles. The highest BCUT2D eigenvalue weighted by Gasteiger charge is 2.29. The second-order valence-electron chi connectivity index (χ2n) is 4.89. The lowest BCUT2D eigenvalue weighted by atomic mass is 10.1. The molecule has 1 N–H and O–H groups in total. The summed E-state index contributed by atoms with van der Waals surface area (Å²) in [5.74, 6) is 0.427. The maximum atomic E-state index is 12.3. The molecule has 19 heavy (non-hydrogen) atoms. The largest absolute Gasteiger partial charge is 0.301 e. The Kier molecular flexibility index (Phi) is 4.71. The van der Waals surface area contributed by atoms with Crippen molar-refractivity contribution >= 4 is 27.5 Å². The molecular weight excluding hydrogens is 284 g/mol. The van der Waals surface area contributed by atoms with Crippen molar-refractivity contribution in [3.05, 3.63) is 29.8 Å². The number of halogens is 1. The van der Waals surface area contributed by atoms with Crippen LogP contribution >= 0.6 is 11.6 Å². The molecule has 2 rings (SSSR count). The zero-order chi connectivity index (χ0) is 13.9. The second kappa shape index (κ2) is 6.11. The molecule has 1 aromatic rings. The van der Waals surface area contributed by atoms with Gasteiger partial charge in [0.2, 0.25) is 0 Å². The lowest BCUT2D eigenvalue weighted by molar-refractivity contribution is 0.270. The van der Waals surface area contributed by atoms with Crippen LogP contribution in [0.3, 0.4) is 0 Å². The van der Waals surface area contributed by atoms with E-state index in [4.69, 9.17) is 11.6 Å². The Labute approximate surface area is 119 Å². The average molecular weight is 303 g/mol. The Bertz CT molecular complexity index is 516. The number of rotatable bonds is 4. The summed E-state index contributed by atoms with van der Waals surface area (Å²) < 4.78 is 28.8. The zero-order valence-electron chi connectivity index (χ0n) is 11.0. The van der Waals surface area contributed by atoms with Crippen LogP contribution in [0.25, 0.3) is 0 Å². The summed E-state index contributed by atoms with van der Waals surface area (Å²) >= 11 is 5.71. The molecule has 1 aromatic carbocycles. The van der Waals surface area contributed by atoms with Gasteiger partial charge in [0.25, 0.3) is 0 Å². The summed E-state index contributed by atoms with van der Waals surface area (Å²) in [6, 6.07) is 7.19. The molecule has 106 valence electrons. The first-order valence-corrected chi connectivity index (χ1v) is 8.45. The molecule has 4 nitrogen and oxygen atoms in total. The van der Waals surface area contributed by atoms with Gasteiger partial charge in [-0.25, -0.2) is 0 Å². The van der Waals surface area contributed by atoms with Crippen molar-refractivity contribution in [2.24, 2.45) is 0 Å². The standard InChI is InChI=1S/C13H19ClN2O2S/c1-11-4-2-3-9-16(11)19(17,18)15-13-7-5-12(10-14)6-8-13/h5-8,11,15H,2-4,9-10H2,1H3. The van der Waals surface area contributed by atoms with Gasteiger partial charge in [-0.15, -0.1) is 11.6 Å². The number of piperidine rings is 1. The van der Waals surface area contributed by atoms with Crippen molar-refractivity contribution in [1.29, 1.82) is 0 Å². The fourth-order valence-corrected chi connectivity index (χ4v) is 3.98. The van der Waals surface area contributed by atoms with E-state index < -0.39 is 10.2 Å². The molecule has 1 atom stereocenters. The van der Waals surface area contributed by atoms with E-state index in [9.17, 15) is 8.42 Å². The van der Waals surface area contributed by atoms with Gasteiger partial charge in [0, 0.05) is 24.2 Å². The van der Waals surface area contributed by atoms with Crippen LogP contribution in [0, 0.1) is 0 Å². The third-order valence-electron chi connectivity index (χ3n) is 3.41. The molecule has 1 aliphatic rings. The van der Waals surface area contributed by atoms with Crippen molar-refractivity contribution in [2.75, 3.05) is 11.3 Å². The first-order valence-electron chi connectivity index (χ1n) is 6.47. The Balaban J connectivity index is 2.11. The normalized spacial score (nSPS) is 21.3. The molecular formula is C13H19ClN2O2S. The molecule has 1 saturated heterocycles. The Morgan fingerprint density at radius 1 is 1.32 bits per heavy atom. The van der Waals surface area contributed by atoms with Crippen LogP contribution < -0.4 is 4.72 Å². The maximum Gasteiger partial charge on any atom is 0.301 e. The van der Waals surface area contributed by atoms with E-state index in [0.717, 1.165) is 24.8 Å². The highest BCUT2D eigenvalue weighted by molar-refractivity contribution is 7.90. The van der Waals surface area contributed by atoms with E-state index >= 15 is 0 Å². The minimum Gasteiger partial charge on any atom is -0.271 e. The fourth-order valence-electron chi connectivity index (χ4n) is 2.30. The number of nitrogens with zero attached hydrogens (tertiary/aromatic N) is 1. The van der Waals surface area contributed by atoms with Gasteiger partial charge in [-0.2, -0.15) is 12.7 Å². The second-order valence-corrected chi connectivity index (χ2v) is 6.78. The molecule has 0 amide bonds. The quantitative estimate of drug-likeness (QED) is 0.869. The van der Waals surface area contributed by atoms with E-state index in [0.29, 0.717) is 18.1 Å². The van der Waals surface area contributed by atoms with Crippen LogP contribution in [0.15, 0.2) is 24.3 Å². The molecule has 0 aromatic heterocycles. The van der Waals surface area contributed by atoms with Crippen molar-refractivity contribution in [1.82, 2.24) is 4.31 Å². The molecule has 1 unspecified atom stereocenters. The average Bonchev–Trinajstić information content (AvgIpc) is 2.39. The number of anilines is 1. The predicted octanol–water partition coefficient (Wildman–Crippen LogP) is 2.96. The van der Waals surface area contributed by atoms with Crippen LogP contribution in [0.5, 0.6) is 0 Å². The van der Waals surface area contributed by atoms with Gasteiger partial charge in [0.05, 0.1) is 0 Å². The van der Waals surface area contributed by atoms with Crippen LogP contribution in [-0.2, 0) is 16.1 Å². The minimum absolute atomic E-state index is 0.0633. The van der Waals surface area contributed by atoms with Crippen molar-refractivity contribution in [2.45, 2.75) is 38.1 Å². The summed E-state index contributed by atoms with van der Waals surface area (Å²) in [5.41, 5.74) is 1.54. The Morgan fingerprint density at radius 2 is 2.00 bits per heavy atom. The SMILES string of the molecule is CC1CCCCN1S(=O)(=O)Nc1ccc(CCl)cc1. The molecule has 0 saturated carbocycles. The van der Waals surface area contributed by atoms with Crippen molar-refractivity contribution in [3.63, 3.8) is 0 Å². The first kappa shape index (κ1) is 14.6. The van der Waals surface area contributed by atoms with Gasteiger partial charge in [0.15, 0.2) is 0 Å². The number of alkyl halides is 1. The predicted molar refractivity (Wildman–Crippen MR) is 78.6 cm³/mol. The summed E-state index contributed by atoms with van der Waals surface area (Å²) in [6.45, 7) is 2.55. The molecule has 0 spiro atoms. The number of hydrogen-bond donors (Lipinski definition) is 1. The number of nitrogens with one attached hydrogen (secondary N) is 1. The molecule has 1 aliphatic heterocycles. The number of benzene rings is 1. The Morgan fingerprint density at radius 3 is 2.58 bits per heavy atom. The van der Waals surface area contributed by atoms with E-state index in [1.165, 1.54) is 0 Å². The van der Waals surface area contributed by atoms with Gasteiger partial charge in [-0.05, 0) is 37.5 Å². The molecule has 1 fully saturated rings. The summed E-state index contributed by atoms with van der Waals surface area (Å²) in [6.07, 6.45) is 2.94. The van der Waals surface area contributed by atoms with Crippen LogP contribution in [0.2, 0.25) is 0 Å². The summed E-state index contributed by atoms with van der Waals surface area (Å²) in [4.78, 5) is 0. The first-order chi connectivity index (χ1) is 9.03. The summed E-state index contributed by atoms with van der Waals surface area (Å²) in [7, 11) is -3.45. The Hall–Kier alpha value is -0.780. The highest BCUT2D eigenvalue weighted by atomic mass is 35.5.